The van der Waals surface area contributed by atoms with Crippen LogP contribution >= 0.6 is 0 Å². The zero-order chi connectivity index (χ0) is 11.6. The van der Waals surface area contributed by atoms with Crippen LogP contribution in [0.4, 0.5) is 0 Å². The molecule has 0 aromatic heterocycles. The van der Waals surface area contributed by atoms with Gasteiger partial charge < -0.3 is 15.4 Å². The minimum absolute atomic E-state index is 0.0343. The van der Waals surface area contributed by atoms with Crippen LogP contribution in [0.15, 0.2) is 0 Å². The highest BCUT2D eigenvalue weighted by atomic mass is 16.5. The molecule has 1 amide bonds. The van der Waals surface area contributed by atoms with Crippen molar-refractivity contribution in [2.75, 3.05) is 13.1 Å². The Morgan fingerprint density at radius 2 is 1.93 bits per heavy atom. The Morgan fingerprint density at radius 3 is 2.33 bits per heavy atom. The normalized spacial score (nSPS) is 31.1. The Kier molecular flexibility index (Phi) is 3.73. The molecule has 0 aromatic rings. The Labute approximate surface area is 91.8 Å². The smallest absolute Gasteiger partial charge is 0.242 e. The average molecular weight is 214 g/mol. The van der Waals surface area contributed by atoms with Crippen molar-refractivity contribution < 1.29 is 9.53 Å². The fourth-order valence-corrected chi connectivity index (χ4v) is 1.86. The van der Waals surface area contributed by atoms with Crippen molar-refractivity contribution in [1.82, 2.24) is 4.90 Å². The van der Waals surface area contributed by atoms with Crippen LogP contribution in [-0.4, -0.2) is 41.6 Å². The summed E-state index contributed by atoms with van der Waals surface area (Å²) in [5, 5.41) is 0. The maximum absolute atomic E-state index is 12.1. The van der Waals surface area contributed by atoms with Gasteiger partial charge in [-0.05, 0) is 27.2 Å². The number of rotatable bonds is 2. The summed E-state index contributed by atoms with van der Waals surface area (Å²) in [5.74, 6) is 0.0343. The van der Waals surface area contributed by atoms with Crippen LogP contribution in [0.5, 0.6) is 0 Å². The molecule has 1 unspecified atom stereocenters. The molecule has 1 saturated heterocycles. The summed E-state index contributed by atoms with van der Waals surface area (Å²) in [6.07, 6.45) is 0.863. The molecule has 1 aliphatic rings. The Balaban J connectivity index is 2.67. The summed E-state index contributed by atoms with van der Waals surface area (Å²) in [6.45, 7) is 8.99. The van der Waals surface area contributed by atoms with Crippen LogP contribution in [0, 0.1) is 0 Å². The molecule has 4 heteroatoms. The standard InChI is InChI=1S/C11H22N2O2/c1-5-11(4,12)10(14)13-6-8(2)15-9(3)7-13/h8-9H,5-7,12H2,1-4H3/t8-,9+,11?. The number of nitrogens with two attached hydrogens (primary N) is 1. The van der Waals surface area contributed by atoms with E-state index in [4.69, 9.17) is 10.5 Å². The molecule has 88 valence electrons. The second kappa shape index (κ2) is 4.49. The molecular formula is C11H22N2O2. The predicted octanol–water partition coefficient (Wildman–Crippen LogP) is 0.750. The Morgan fingerprint density at radius 1 is 1.47 bits per heavy atom. The third-order valence-corrected chi connectivity index (χ3v) is 2.93. The molecule has 0 saturated carbocycles. The zero-order valence-electron chi connectivity index (χ0n) is 10.1. The van der Waals surface area contributed by atoms with E-state index in [-0.39, 0.29) is 18.1 Å². The van der Waals surface area contributed by atoms with Gasteiger partial charge in [-0.2, -0.15) is 0 Å². The Hall–Kier alpha value is -0.610. The van der Waals surface area contributed by atoms with Crippen LogP contribution in [0.2, 0.25) is 0 Å². The van der Waals surface area contributed by atoms with E-state index in [1.54, 1.807) is 6.92 Å². The third-order valence-electron chi connectivity index (χ3n) is 2.93. The first-order valence-electron chi connectivity index (χ1n) is 5.60. The molecule has 4 nitrogen and oxygen atoms in total. The molecule has 2 N–H and O–H groups in total. The van der Waals surface area contributed by atoms with Crippen LogP contribution in [0.3, 0.4) is 0 Å². The van der Waals surface area contributed by atoms with E-state index in [9.17, 15) is 4.79 Å². The van der Waals surface area contributed by atoms with E-state index in [1.807, 2.05) is 25.7 Å². The predicted molar refractivity (Wildman–Crippen MR) is 59.5 cm³/mol. The zero-order valence-corrected chi connectivity index (χ0v) is 10.1. The number of carbonyl (C=O) groups excluding carboxylic acids is 1. The summed E-state index contributed by atoms with van der Waals surface area (Å²) in [6, 6.07) is 0. The van der Waals surface area contributed by atoms with E-state index in [1.165, 1.54) is 0 Å². The number of hydrogen-bond donors (Lipinski definition) is 1. The quantitative estimate of drug-likeness (QED) is 0.738. The molecular weight excluding hydrogens is 192 g/mol. The molecule has 0 radical (unpaired) electrons. The molecule has 1 heterocycles. The lowest BCUT2D eigenvalue weighted by molar-refractivity contribution is -0.148. The molecule has 15 heavy (non-hydrogen) atoms. The van der Waals surface area contributed by atoms with Crippen LogP contribution in [0.25, 0.3) is 0 Å². The summed E-state index contributed by atoms with van der Waals surface area (Å²) < 4.78 is 5.58. The minimum atomic E-state index is -0.739. The van der Waals surface area contributed by atoms with Gasteiger partial charge in [-0.1, -0.05) is 6.92 Å². The lowest BCUT2D eigenvalue weighted by atomic mass is 9.98. The van der Waals surface area contributed by atoms with Crippen molar-refractivity contribution in [3.63, 3.8) is 0 Å². The number of amides is 1. The number of ether oxygens (including phenoxy) is 1. The monoisotopic (exact) mass is 214 g/mol. The largest absolute Gasteiger partial charge is 0.372 e. The van der Waals surface area contributed by atoms with Crippen molar-refractivity contribution in [3.8, 4) is 0 Å². The Bertz CT molecular complexity index is 231. The summed E-state index contributed by atoms with van der Waals surface area (Å²) in [4.78, 5) is 13.9. The van der Waals surface area contributed by atoms with Crippen molar-refractivity contribution in [2.45, 2.75) is 51.9 Å². The third kappa shape index (κ3) is 2.92. The van der Waals surface area contributed by atoms with Gasteiger partial charge in [0, 0.05) is 13.1 Å². The van der Waals surface area contributed by atoms with Crippen molar-refractivity contribution in [3.05, 3.63) is 0 Å². The van der Waals surface area contributed by atoms with Crippen LogP contribution in [0.1, 0.15) is 34.1 Å². The molecule has 0 spiro atoms. The first-order valence-corrected chi connectivity index (χ1v) is 5.60. The molecule has 0 aliphatic carbocycles. The van der Waals surface area contributed by atoms with E-state index >= 15 is 0 Å². The van der Waals surface area contributed by atoms with Crippen LogP contribution < -0.4 is 5.73 Å². The first-order chi connectivity index (χ1) is 6.86. The highest BCUT2D eigenvalue weighted by Crippen LogP contribution is 2.16. The van der Waals surface area contributed by atoms with Gasteiger partial charge in [-0.3, -0.25) is 4.79 Å². The van der Waals surface area contributed by atoms with Gasteiger partial charge in [-0.15, -0.1) is 0 Å². The molecule has 0 aromatic carbocycles. The van der Waals surface area contributed by atoms with E-state index in [0.717, 1.165) is 0 Å². The van der Waals surface area contributed by atoms with Gasteiger partial charge in [0.15, 0.2) is 0 Å². The fourth-order valence-electron chi connectivity index (χ4n) is 1.86. The second-order valence-electron chi connectivity index (χ2n) is 4.74. The SMILES string of the molecule is CCC(C)(N)C(=O)N1C[C@@H](C)O[C@@H](C)C1. The second-order valence-corrected chi connectivity index (χ2v) is 4.74. The summed E-state index contributed by atoms with van der Waals surface area (Å²) in [5.41, 5.74) is 5.21. The van der Waals surface area contributed by atoms with E-state index < -0.39 is 5.54 Å². The van der Waals surface area contributed by atoms with Gasteiger partial charge in [0.25, 0.3) is 0 Å². The van der Waals surface area contributed by atoms with Crippen LogP contribution in [-0.2, 0) is 9.53 Å². The highest BCUT2D eigenvalue weighted by Gasteiger charge is 2.34. The number of carbonyl (C=O) groups is 1. The van der Waals surface area contributed by atoms with Gasteiger partial charge in [-0.25, -0.2) is 0 Å². The number of hydrogen-bond acceptors (Lipinski definition) is 3. The van der Waals surface area contributed by atoms with E-state index in [2.05, 4.69) is 0 Å². The minimum Gasteiger partial charge on any atom is -0.372 e. The molecule has 1 aliphatic heterocycles. The van der Waals surface area contributed by atoms with Gasteiger partial charge in [0.1, 0.15) is 0 Å². The lowest BCUT2D eigenvalue weighted by Crippen LogP contribution is -2.58. The van der Waals surface area contributed by atoms with Crippen molar-refractivity contribution in [1.29, 1.82) is 0 Å². The van der Waals surface area contributed by atoms with Gasteiger partial charge >= 0.3 is 0 Å². The van der Waals surface area contributed by atoms with Crippen molar-refractivity contribution in [2.24, 2.45) is 5.73 Å². The van der Waals surface area contributed by atoms with Gasteiger partial charge in [0.05, 0.1) is 17.7 Å². The topological polar surface area (TPSA) is 55.6 Å². The maximum Gasteiger partial charge on any atom is 0.242 e. The summed E-state index contributed by atoms with van der Waals surface area (Å²) in [7, 11) is 0. The summed E-state index contributed by atoms with van der Waals surface area (Å²) >= 11 is 0. The first kappa shape index (κ1) is 12.5. The van der Waals surface area contributed by atoms with E-state index in [0.29, 0.717) is 19.5 Å². The average Bonchev–Trinajstić information content (AvgIpc) is 2.15. The van der Waals surface area contributed by atoms with Crippen molar-refractivity contribution >= 4 is 5.91 Å². The number of nitrogens with zero attached hydrogens (tertiary/aromatic N) is 1. The molecule has 1 fully saturated rings. The molecule has 1 rings (SSSR count). The fraction of sp³-hybridized carbons (Fsp3) is 0.909. The highest BCUT2D eigenvalue weighted by molar-refractivity contribution is 5.85. The number of morpholine rings is 1. The molecule has 0 bridgehead atoms. The maximum atomic E-state index is 12.1. The van der Waals surface area contributed by atoms with Gasteiger partial charge in [0.2, 0.25) is 5.91 Å². The molecule has 3 atom stereocenters. The lowest BCUT2D eigenvalue weighted by Gasteiger charge is -2.39.